The fraction of sp³-hybridized carbons (Fsp3) is 0.533. The summed E-state index contributed by atoms with van der Waals surface area (Å²) in [6, 6.07) is 4.82. The number of halogens is 1. The Bertz CT molecular complexity index is 492. The molecule has 1 aromatic carbocycles. The third-order valence-corrected chi connectivity index (χ3v) is 3.99. The van der Waals surface area contributed by atoms with Crippen molar-refractivity contribution >= 4 is 17.2 Å². The van der Waals surface area contributed by atoms with Crippen molar-refractivity contribution in [2.24, 2.45) is 11.7 Å². The standard InChI is InChI=1S/C15H22FN3S/c1-18-4-3-11(8-18)9-19(2)10-12-5-13(15(17)20)7-14(16)6-12/h5-7,11H,3-4,8-10H2,1-2H3,(H2,17,20). The van der Waals surface area contributed by atoms with E-state index in [1.807, 2.05) is 6.07 Å². The van der Waals surface area contributed by atoms with E-state index in [2.05, 4.69) is 23.9 Å². The Kier molecular flexibility index (Phi) is 5.07. The molecule has 2 N–H and O–H groups in total. The Morgan fingerprint density at radius 2 is 2.25 bits per heavy atom. The summed E-state index contributed by atoms with van der Waals surface area (Å²) in [6.45, 7) is 4.06. The molecule has 0 bridgehead atoms. The van der Waals surface area contributed by atoms with E-state index >= 15 is 0 Å². The molecule has 110 valence electrons. The Labute approximate surface area is 125 Å². The van der Waals surface area contributed by atoms with E-state index in [0.717, 1.165) is 18.7 Å². The Balaban J connectivity index is 1.96. The largest absolute Gasteiger partial charge is 0.389 e. The third-order valence-electron chi connectivity index (χ3n) is 3.75. The first-order valence-electron chi connectivity index (χ1n) is 6.90. The van der Waals surface area contributed by atoms with Gasteiger partial charge in [0.25, 0.3) is 0 Å². The fourth-order valence-electron chi connectivity index (χ4n) is 2.88. The number of nitrogens with two attached hydrogens (primary N) is 1. The quantitative estimate of drug-likeness (QED) is 0.840. The van der Waals surface area contributed by atoms with Crippen molar-refractivity contribution < 1.29 is 4.39 Å². The SMILES string of the molecule is CN1CCC(CN(C)Cc2cc(F)cc(C(N)=S)c2)C1. The van der Waals surface area contributed by atoms with Crippen LogP contribution in [0.25, 0.3) is 0 Å². The van der Waals surface area contributed by atoms with Crippen LogP contribution >= 0.6 is 12.2 Å². The monoisotopic (exact) mass is 295 g/mol. The maximum absolute atomic E-state index is 13.6. The normalized spacial score (nSPS) is 19.7. The highest BCUT2D eigenvalue weighted by molar-refractivity contribution is 7.80. The third kappa shape index (κ3) is 4.23. The van der Waals surface area contributed by atoms with Crippen LogP contribution in [0, 0.1) is 11.7 Å². The van der Waals surface area contributed by atoms with Crippen LogP contribution in [0.15, 0.2) is 18.2 Å². The maximum atomic E-state index is 13.6. The molecule has 20 heavy (non-hydrogen) atoms. The zero-order chi connectivity index (χ0) is 14.7. The molecule has 0 radical (unpaired) electrons. The highest BCUT2D eigenvalue weighted by Gasteiger charge is 2.20. The molecule has 5 heteroatoms. The highest BCUT2D eigenvalue weighted by Crippen LogP contribution is 2.17. The minimum Gasteiger partial charge on any atom is -0.389 e. The van der Waals surface area contributed by atoms with Crippen molar-refractivity contribution in [2.75, 3.05) is 33.7 Å². The summed E-state index contributed by atoms with van der Waals surface area (Å²) in [4.78, 5) is 4.83. The van der Waals surface area contributed by atoms with Gasteiger partial charge in [0.1, 0.15) is 10.8 Å². The second-order valence-corrected chi connectivity index (χ2v) is 6.27. The molecule has 0 saturated carbocycles. The van der Waals surface area contributed by atoms with Gasteiger partial charge < -0.3 is 15.5 Å². The van der Waals surface area contributed by atoms with Crippen LogP contribution in [0.4, 0.5) is 4.39 Å². The van der Waals surface area contributed by atoms with Gasteiger partial charge in [-0.15, -0.1) is 0 Å². The zero-order valence-electron chi connectivity index (χ0n) is 12.1. The van der Waals surface area contributed by atoms with Gasteiger partial charge in [-0.3, -0.25) is 0 Å². The van der Waals surface area contributed by atoms with Crippen LogP contribution in [0.3, 0.4) is 0 Å². The van der Waals surface area contributed by atoms with Gasteiger partial charge in [-0.2, -0.15) is 0 Å². The van der Waals surface area contributed by atoms with Gasteiger partial charge in [0.05, 0.1) is 0 Å². The minimum absolute atomic E-state index is 0.242. The molecule has 1 aromatic rings. The Morgan fingerprint density at radius 1 is 1.50 bits per heavy atom. The van der Waals surface area contributed by atoms with E-state index in [-0.39, 0.29) is 10.8 Å². The lowest BCUT2D eigenvalue weighted by atomic mass is 10.1. The van der Waals surface area contributed by atoms with Crippen LogP contribution < -0.4 is 5.73 Å². The van der Waals surface area contributed by atoms with Crippen LogP contribution in [-0.4, -0.2) is 48.5 Å². The van der Waals surface area contributed by atoms with Gasteiger partial charge in [0, 0.05) is 25.2 Å². The van der Waals surface area contributed by atoms with E-state index in [1.54, 1.807) is 6.07 Å². The molecule has 0 aromatic heterocycles. The van der Waals surface area contributed by atoms with Gasteiger partial charge in [0.2, 0.25) is 0 Å². The lowest BCUT2D eigenvalue weighted by Gasteiger charge is -2.21. The van der Waals surface area contributed by atoms with Crippen molar-refractivity contribution in [1.29, 1.82) is 0 Å². The number of thiocarbonyl (C=S) groups is 1. The summed E-state index contributed by atoms with van der Waals surface area (Å²) in [5, 5.41) is 0. The van der Waals surface area contributed by atoms with Crippen molar-refractivity contribution in [3.63, 3.8) is 0 Å². The summed E-state index contributed by atoms with van der Waals surface area (Å²) in [7, 11) is 4.23. The van der Waals surface area contributed by atoms with Crippen LogP contribution in [0.5, 0.6) is 0 Å². The first-order chi connectivity index (χ1) is 9.44. The zero-order valence-corrected chi connectivity index (χ0v) is 12.9. The second-order valence-electron chi connectivity index (χ2n) is 5.83. The molecular weight excluding hydrogens is 273 g/mol. The number of benzene rings is 1. The number of likely N-dealkylation sites (tertiary alicyclic amines) is 1. The minimum atomic E-state index is -0.278. The molecule has 1 atom stereocenters. The topological polar surface area (TPSA) is 32.5 Å². The van der Waals surface area contributed by atoms with Gasteiger partial charge >= 0.3 is 0 Å². The highest BCUT2D eigenvalue weighted by atomic mass is 32.1. The second kappa shape index (κ2) is 6.61. The molecular formula is C15H22FN3S. The summed E-state index contributed by atoms with van der Waals surface area (Å²) < 4.78 is 13.6. The predicted molar refractivity (Wildman–Crippen MR) is 84.2 cm³/mol. The van der Waals surface area contributed by atoms with Crippen LogP contribution in [0.1, 0.15) is 17.5 Å². The summed E-state index contributed by atoms with van der Waals surface area (Å²) in [5.41, 5.74) is 7.09. The molecule has 1 fully saturated rings. The molecule has 1 saturated heterocycles. The summed E-state index contributed by atoms with van der Waals surface area (Å²) in [5.74, 6) is 0.424. The van der Waals surface area contributed by atoms with Crippen molar-refractivity contribution in [3.05, 3.63) is 35.1 Å². The van der Waals surface area contributed by atoms with Crippen molar-refractivity contribution in [2.45, 2.75) is 13.0 Å². The van der Waals surface area contributed by atoms with E-state index in [9.17, 15) is 4.39 Å². The van der Waals surface area contributed by atoms with Gasteiger partial charge in [-0.05, 0) is 56.7 Å². The maximum Gasteiger partial charge on any atom is 0.124 e. The van der Waals surface area contributed by atoms with Gasteiger partial charge in [-0.1, -0.05) is 12.2 Å². The average Bonchev–Trinajstić information content (AvgIpc) is 2.73. The molecule has 1 heterocycles. The molecule has 1 aliphatic rings. The fourth-order valence-corrected chi connectivity index (χ4v) is 2.99. The number of hydrogen-bond acceptors (Lipinski definition) is 3. The van der Waals surface area contributed by atoms with Crippen molar-refractivity contribution in [1.82, 2.24) is 9.80 Å². The lowest BCUT2D eigenvalue weighted by molar-refractivity contribution is 0.267. The molecule has 0 spiro atoms. The number of hydrogen-bond donors (Lipinski definition) is 1. The van der Waals surface area contributed by atoms with Gasteiger partial charge in [-0.25, -0.2) is 4.39 Å². The van der Waals surface area contributed by atoms with Gasteiger partial charge in [0.15, 0.2) is 0 Å². The molecule has 3 nitrogen and oxygen atoms in total. The van der Waals surface area contributed by atoms with Crippen LogP contribution in [-0.2, 0) is 6.54 Å². The van der Waals surface area contributed by atoms with E-state index < -0.39 is 0 Å². The average molecular weight is 295 g/mol. The Hall–Kier alpha value is -1.04. The first-order valence-corrected chi connectivity index (χ1v) is 7.31. The molecule has 1 aliphatic heterocycles. The molecule has 1 unspecified atom stereocenters. The first kappa shape index (κ1) is 15.4. The number of nitrogens with zero attached hydrogens (tertiary/aromatic N) is 2. The number of rotatable bonds is 5. The van der Waals surface area contributed by atoms with Crippen LogP contribution in [0.2, 0.25) is 0 Å². The molecule has 2 rings (SSSR count). The lowest BCUT2D eigenvalue weighted by Crippen LogP contribution is -2.27. The van der Waals surface area contributed by atoms with E-state index in [0.29, 0.717) is 18.0 Å². The van der Waals surface area contributed by atoms with E-state index in [1.165, 1.54) is 19.0 Å². The summed E-state index contributed by atoms with van der Waals surface area (Å²) >= 11 is 4.92. The molecule has 0 amide bonds. The van der Waals surface area contributed by atoms with Crippen molar-refractivity contribution in [3.8, 4) is 0 Å². The Morgan fingerprint density at radius 3 is 2.85 bits per heavy atom. The molecule has 0 aliphatic carbocycles. The smallest absolute Gasteiger partial charge is 0.124 e. The predicted octanol–water partition coefficient (Wildman–Crippen LogP) is 1.84. The van der Waals surface area contributed by atoms with E-state index in [4.69, 9.17) is 18.0 Å². The summed E-state index contributed by atoms with van der Waals surface area (Å²) in [6.07, 6.45) is 1.24.